The second kappa shape index (κ2) is 4.66. The average molecular weight is 302 g/mol. The zero-order valence-electron chi connectivity index (χ0n) is 7.00. The molecule has 0 amide bonds. The van der Waals surface area contributed by atoms with Crippen LogP contribution in [0.15, 0.2) is 0 Å². The van der Waals surface area contributed by atoms with Crippen molar-refractivity contribution >= 4 is 11.6 Å². The van der Waals surface area contributed by atoms with Gasteiger partial charge in [-0.15, -0.1) is 31.7 Å². The summed E-state index contributed by atoms with van der Waals surface area (Å²) in [5, 5.41) is -5.60. The molecule has 0 bridgehead atoms. The van der Waals surface area contributed by atoms with Crippen LogP contribution in [0.5, 0.6) is 0 Å². The van der Waals surface area contributed by atoms with E-state index in [0.717, 1.165) is 0 Å². The first-order chi connectivity index (χ1) is 7.16. The van der Waals surface area contributed by atoms with Gasteiger partial charge in [0.2, 0.25) is 0 Å². The van der Waals surface area contributed by atoms with Crippen LogP contribution in [-0.4, -0.2) is 24.1 Å². The molecule has 0 aliphatic carbocycles. The lowest BCUT2D eigenvalue weighted by Gasteiger charge is -2.24. The largest absolute Gasteiger partial charge is 0.549 e. The first-order valence-electron chi connectivity index (χ1n) is 3.12. The molecule has 0 fully saturated rings. The van der Waals surface area contributed by atoms with Gasteiger partial charge in [0.25, 0.3) is 0 Å². The highest BCUT2D eigenvalue weighted by Gasteiger charge is 2.63. The van der Waals surface area contributed by atoms with Gasteiger partial charge in [-0.05, 0) is 11.6 Å². The number of ether oxygens (including phenoxy) is 1. The van der Waals surface area contributed by atoms with Crippen molar-refractivity contribution in [1.82, 2.24) is 0 Å². The highest BCUT2D eigenvalue weighted by atomic mass is 35.5. The molecule has 0 spiro atoms. The Kier molecular flexibility index (Phi) is 4.54. The number of hydrogen-bond acceptors (Lipinski definition) is 3. The van der Waals surface area contributed by atoms with E-state index in [1.807, 2.05) is 9.62 Å². The minimum absolute atomic E-state index is 1.96. The van der Waals surface area contributed by atoms with E-state index in [0.29, 0.717) is 0 Å². The summed E-state index contributed by atoms with van der Waals surface area (Å²) >= 11 is 3.66. The second-order valence-corrected chi connectivity index (χ2v) is 2.67. The predicted octanol–water partition coefficient (Wildman–Crippen LogP) is 3.45. The van der Waals surface area contributed by atoms with Gasteiger partial charge in [-0.25, -0.2) is 4.74 Å². The molecule has 0 aromatic rings. The van der Waals surface area contributed by atoms with E-state index in [1.54, 1.807) is 0 Å². The van der Waals surface area contributed by atoms with Crippen molar-refractivity contribution in [2.75, 3.05) is 0 Å². The molecule has 104 valence electrons. The highest BCUT2D eigenvalue weighted by Crippen LogP contribution is 2.42. The zero-order chi connectivity index (χ0) is 14.1. The fourth-order valence-corrected chi connectivity index (χ4v) is 0.358. The fraction of sp³-hybridized carbons (Fsp3) is 1.00. The lowest BCUT2D eigenvalue weighted by molar-refractivity contribution is -0.616. The second-order valence-electron chi connectivity index (χ2n) is 2.19. The lowest BCUT2D eigenvalue weighted by atomic mass is 10.6. The van der Waals surface area contributed by atoms with Crippen LogP contribution in [0.25, 0.3) is 0 Å². The summed E-state index contributed by atoms with van der Waals surface area (Å²) in [6.07, 6.45) is -17.6. The minimum atomic E-state index is -5.99. The summed E-state index contributed by atoms with van der Waals surface area (Å²) in [5.41, 5.74) is 0. The Labute approximate surface area is 90.9 Å². The van der Waals surface area contributed by atoms with Gasteiger partial charge in [0.05, 0.1) is 0 Å². The van der Waals surface area contributed by atoms with E-state index >= 15 is 0 Å². The van der Waals surface area contributed by atoms with Crippen molar-refractivity contribution in [3.63, 3.8) is 0 Å². The van der Waals surface area contributed by atoms with Gasteiger partial charge >= 0.3 is 24.1 Å². The van der Waals surface area contributed by atoms with Crippen LogP contribution in [0, 0.1) is 0 Å². The van der Waals surface area contributed by atoms with Gasteiger partial charge in [-0.1, -0.05) is 0 Å². The van der Waals surface area contributed by atoms with Crippen molar-refractivity contribution in [3.05, 3.63) is 0 Å². The molecule has 13 heteroatoms. The lowest BCUT2D eigenvalue weighted by Crippen LogP contribution is -2.45. The third kappa shape index (κ3) is 6.14. The molecule has 0 atom stereocenters. The molecular formula is C4ClF9O3. The summed E-state index contributed by atoms with van der Waals surface area (Å²) in [5.74, 6) is 0. The van der Waals surface area contributed by atoms with Gasteiger partial charge in [0.1, 0.15) is 0 Å². The van der Waals surface area contributed by atoms with Gasteiger partial charge < -0.3 is 0 Å². The predicted molar refractivity (Wildman–Crippen MR) is 30.0 cm³/mol. The van der Waals surface area contributed by atoms with Gasteiger partial charge in [0.15, 0.2) is 0 Å². The average Bonchev–Trinajstić information content (AvgIpc) is 1.95. The van der Waals surface area contributed by atoms with E-state index in [1.165, 1.54) is 0 Å². The number of rotatable bonds is 5. The maximum atomic E-state index is 12.0. The van der Waals surface area contributed by atoms with Crippen LogP contribution in [0.2, 0.25) is 0 Å². The van der Waals surface area contributed by atoms with Crippen molar-refractivity contribution in [3.8, 4) is 0 Å². The van der Waals surface area contributed by atoms with E-state index in [2.05, 4.69) is 16.5 Å². The van der Waals surface area contributed by atoms with Crippen molar-refractivity contribution in [2.45, 2.75) is 24.1 Å². The molecule has 0 saturated heterocycles. The monoisotopic (exact) mass is 302 g/mol. The van der Waals surface area contributed by atoms with E-state index in [4.69, 9.17) is 0 Å². The van der Waals surface area contributed by atoms with E-state index in [9.17, 15) is 39.5 Å². The molecule has 0 aromatic carbocycles. The van der Waals surface area contributed by atoms with Gasteiger partial charge in [0, 0.05) is 0 Å². The first kappa shape index (κ1) is 16.5. The Morgan fingerprint density at radius 1 is 0.706 bits per heavy atom. The third-order valence-electron chi connectivity index (χ3n) is 0.810. The zero-order valence-corrected chi connectivity index (χ0v) is 7.76. The molecule has 0 aromatic heterocycles. The molecule has 0 aliphatic rings. The highest BCUT2D eigenvalue weighted by molar-refractivity contribution is 6.22. The molecule has 0 radical (unpaired) electrons. The number of hydrogen-bond donors (Lipinski definition) is 0. The summed E-state index contributed by atoms with van der Waals surface area (Å²) in [6.45, 7) is 0. The van der Waals surface area contributed by atoms with E-state index in [-0.39, 0.29) is 0 Å². The van der Waals surface area contributed by atoms with Crippen LogP contribution in [0.3, 0.4) is 0 Å². The summed E-state index contributed by atoms with van der Waals surface area (Å²) in [4.78, 5) is 4.03. The Balaban J connectivity index is 4.55. The Morgan fingerprint density at radius 2 is 1.12 bits per heavy atom. The fourth-order valence-electron chi connectivity index (χ4n) is 0.320. The molecule has 0 saturated carbocycles. The Morgan fingerprint density at radius 3 is 1.41 bits per heavy atom. The Bertz CT molecular complexity index is 258. The smallest absolute Gasteiger partial charge is 0.222 e. The van der Waals surface area contributed by atoms with Crippen LogP contribution < -0.4 is 0 Å². The van der Waals surface area contributed by atoms with Crippen LogP contribution in [0.1, 0.15) is 0 Å². The normalized spacial score (nSPS) is 15.2. The molecule has 0 rings (SSSR count). The van der Waals surface area contributed by atoms with Crippen LogP contribution in [-0.2, 0) is 14.5 Å². The minimum Gasteiger partial charge on any atom is -0.222 e. The van der Waals surface area contributed by atoms with Crippen LogP contribution >= 0.6 is 11.6 Å². The summed E-state index contributed by atoms with van der Waals surface area (Å²) in [6, 6.07) is 0. The van der Waals surface area contributed by atoms with Crippen molar-refractivity contribution < 1.29 is 54.0 Å². The Hall–Kier alpha value is -0.460. The maximum Gasteiger partial charge on any atom is 0.549 e. The summed E-state index contributed by atoms with van der Waals surface area (Å²) < 4.78 is 107. The topological polar surface area (TPSA) is 27.7 Å². The molecular weight excluding hydrogens is 302 g/mol. The van der Waals surface area contributed by atoms with Crippen molar-refractivity contribution in [1.29, 1.82) is 0 Å². The number of halogens is 10. The molecule has 0 unspecified atom stereocenters. The summed E-state index contributed by atoms with van der Waals surface area (Å²) in [7, 11) is 0. The maximum absolute atomic E-state index is 12.0. The van der Waals surface area contributed by atoms with Gasteiger partial charge in [-0.2, -0.15) is 17.6 Å². The van der Waals surface area contributed by atoms with Crippen LogP contribution in [0.4, 0.5) is 39.5 Å². The number of alkyl halides is 10. The third-order valence-corrected chi connectivity index (χ3v) is 1.03. The van der Waals surface area contributed by atoms with Crippen molar-refractivity contribution in [2.24, 2.45) is 0 Å². The molecule has 0 heterocycles. The quantitative estimate of drug-likeness (QED) is 0.256. The molecule has 0 aliphatic heterocycles. The SMILES string of the molecule is FC(F)(F)OOC(F)(F)OC(F)(F)C(F)(F)Cl. The molecule has 17 heavy (non-hydrogen) atoms. The molecule has 3 nitrogen and oxygen atoms in total. The standard InChI is InChI=1S/C4ClF9O3/c5-1(6,7)2(8,9)15-4(13,14)17-16-3(10,11)12. The first-order valence-corrected chi connectivity index (χ1v) is 3.50. The molecule has 0 N–H and O–H groups in total. The van der Waals surface area contributed by atoms with E-state index < -0.39 is 24.1 Å². The van der Waals surface area contributed by atoms with Gasteiger partial charge in [-0.3, -0.25) is 0 Å².